The molecule has 1 saturated heterocycles. The van der Waals surface area contributed by atoms with Gasteiger partial charge in [-0.1, -0.05) is 0 Å². The Kier molecular flexibility index (Phi) is 3.35. The Morgan fingerprint density at radius 1 is 1.24 bits per heavy atom. The van der Waals surface area contributed by atoms with Crippen LogP contribution in [0.25, 0.3) is 0 Å². The van der Waals surface area contributed by atoms with E-state index in [1.807, 2.05) is 0 Å². The molecular formula is C11H18N2O4. The number of aliphatic carboxylic acids is 1. The quantitative estimate of drug-likeness (QED) is 0.585. The normalized spacial score (nSPS) is 37.4. The van der Waals surface area contributed by atoms with Gasteiger partial charge in [0.25, 0.3) is 0 Å². The summed E-state index contributed by atoms with van der Waals surface area (Å²) in [5.74, 6) is -1.38. The van der Waals surface area contributed by atoms with Crippen LogP contribution in [0.1, 0.15) is 25.7 Å². The van der Waals surface area contributed by atoms with E-state index in [4.69, 9.17) is 10.8 Å². The van der Waals surface area contributed by atoms with Gasteiger partial charge >= 0.3 is 5.97 Å². The lowest BCUT2D eigenvalue weighted by Gasteiger charge is -2.24. The van der Waals surface area contributed by atoms with Crippen LogP contribution in [0.2, 0.25) is 0 Å². The summed E-state index contributed by atoms with van der Waals surface area (Å²) in [4.78, 5) is 24.5. The zero-order valence-corrected chi connectivity index (χ0v) is 9.58. The number of amides is 1. The van der Waals surface area contributed by atoms with Gasteiger partial charge in [-0.25, -0.2) is 4.79 Å². The Morgan fingerprint density at radius 3 is 2.47 bits per heavy atom. The highest BCUT2D eigenvalue weighted by molar-refractivity contribution is 5.86. The summed E-state index contributed by atoms with van der Waals surface area (Å²) in [6.07, 6.45) is 1.55. The number of carbonyl (C=O) groups excluding carboxylic acids is 1. The molecule has 0 bridgehead atoms. The summed E-state index contributed by atoms with van der Waals surface area (Å²) >= 11 is 0. The maximum Gasteiger partial charge on any atom is 0.326 e. The number of rotatable bonds is 2. The predicted molar refractivity (Wildman–Crippen MR) is 59.1 cm³/mol. The largest absolute Gasteiger partial charge is 0.480 e. The number of nitrogens with two attached hydrogens (primary N) is 1. The van der Waals surface area contributed by atoms with E-state index in [9.17, 15) is 14.7 Å². The van der Waals surface area contributed by atoms with Crippen molar-refractivity contribution in [3.63, 3.8) is 0 Å². The van der Waals surface area contributed by atoms with Crippen molar-refractivity contribution in [3.05, 3.63) is 0 Å². The van der Waals surface area contributed by atoms with Crippen LogP contribution in [0.5, 0.6) is 0 Å². The molecule has 6 nitrogen and oxygen atoms in total. The van der Waals surface area contributed by atoms with Crippen LogP contribution < -0.4 is 5.73 Å². The van der Waals surface area contributed by atoms with Crippen molar-refractivity contribution in [2.45, 2.75) is 43.9 Å². The van der Waals surface area contributed by atoms with Gasteiger partial charge in [0, 0.05) is 24.9 Å². The average Bonchev–Trinajstić information content (AvgIpc) is 2.83. The molecule has 0 aromatic carbocycles. The van der Waals surface area contributed by atoms with Crippen LogP contribution >= 0.6 is 0 Å². The monoisotopic (exact) mass is 242 g/mol. The third kappa shape index (κ3) is 2.42. The first kappa shape index (κ1) is 12.3. The maximum atomic E-state index is 12.1. The number of likely N-dealkylation sites (tertiary alicyclic amines) is 1. The number of nitrogens with zero attached hydrogens (tertiary/aromatic N) is 1. The summed E-state index contributed by atoms with van der Waals surface area (Å²) in [6.45, 7) is 0.127. The second-order valence-electron chi connectivity index (χ2n) is 5.00. The lowest BCUT2D eigenvalue weighted by molar-refractivity contribution is -0.149. The standard InChI is InChI=1S/C11H18N2O4/c12-7-2-1-6(3-7)10(15)13-5-8(14)4-9(13)11(16)17/h6-9,14H,1-5,12H2,(H,16,17)/t6?,7?,8-,9-/m1/s1. The zero-order chi connectivity index (χ0) is 12.6. The molecule has 4 N–H and O–H groups in total. The van der Waals surface area contributed by atoms with E-state index in [-0.39, 0.29) is 30.8 Å². The van der Waals surface area contributed by atoms with E-state index in [2.05, 4.69) is 0 Å². The summed E-state index contributed by atoms with van der Waals surface area (Å²) in [7, 11) is 0. The fourth-order valence-corrected chi connectivity index (χ4v) is 2.77. The first-order valence-corrected chi connectivity index (χ1v) is 5.96. The lowest BCUT2D eigenvalue weighted by Crippen LogP contribution is -2.43. The molecule has 2 rings (SSSR count). The van der Waals surface area contributed by atoms with Crippen LogP contribution in [0.3, 0.4) is 0 Å². The number of carboxylic acid groups (broad SMARTS) is 1. The minimum atomic E-state index is -1.04. The third-order valence-electron chi connectivity index (χ3n) is 3.67. The highest BCUT2D eigenvalue weighted by atomic mass is 16.4. The number of carboxylic acids is 1. The number of aliphatic hydroxyl groups excluding tert-OH is 1. The molecule has 2 fully saturated rings. The summed E-state index contributed by atoms with van der Waals surface area (Å²) < 4.78 is 0. The maximum absolute atomic E-state index is 12.1. The van der Waals surface area contributed by atoms with Gasteiger partial charge < -0.3 is 20.8 Å². The highest BCUT2D eigenvalue weighted by Gasteiger charge is 2.42. The van der Waals surface area contributed by atoms with E-state index in [1.54, 1.807) is 0 Å². The number of hydrogen-bond acceptors (Lipinski definition) is 4. The molecule has 0 aromatic heterocycles. The fraction of sp³-hybridized carbons (Fsp3) is 0.818. The third-order valence-corrected chi connectivity index (χ3v) is 3.67. The summed E-state index contributed by atoms with van der Waals surface area (Å²) in [5.41, 5.74) is 5.75. The first-order valence-electron chi connectivity index (χ1n) is 5.96. The molecule has 0 spiro atoms. The van der Waals surface area contributed by atoms with Crippen molar-refractivity contribution in [1.82, 2.24) is 4.90 Å². The van der Waals surface area contributed by atoms with Crippen LogP contribution in [0, 0.1) is 5.92 Å². The van der Waals surface area contributed by atoms with Crippen molar-refractivity contribution in [3.8, 4) is 0 Å². The fourth-order valence-electron chi connectivity index (χ4n) is 2.77. The molecular weight excluding hydrogens is 224 g/mol. The van der Waals surface area contributed by atoms with Gasteiger partial charge in [0.2, 0.25) is 5.91 Å². The van der Waals surface area contributed by atoms with Crippen LogP contribution in [-0.4, -0.2) is 51.7 Å². The molecule has 1 heterocycles. The molecule has 1 amide bonds. The van der Waals surface area contributed by atoms with E-state index >= 15 is 0 Å². The molecule has 0 aromatic rings. The number of hydrogen-bond donors (Lipinski definition) is 3. The zero-order valence-electron chi connectivity index (χ0n) is 9.58. The molecule has 1 aliphatic heterocycles. The Bertz CT molecular complexity index is 333. The molecule has 1 aliphatic carbocycles. The number of aliphatic hydroxyl groups is 1. The molecule has 6 heteroatoms. The second kappa shape index (κ2) is 4.62. The van der Waals surface area contributed by atoms with Gasteiger partial charge in [0.05, 0.1) is 6.10 Å². The first-order chi connectivity index (χ1) is 7.99. The van der Waals surface area contributed by atoms with Crippen LogP contribution in [0.4, 0.5) is 0 Å². The number of β-amino-alcohol motifs (C(OH)–C–C–N with tert-alkyl or cyclic N) is 1. The summed E-state index contributed by atoms with van der Waals surface area (Å²) in [5, 5.41) is 18.5. The molecule has 2 unspecified atom stereocenters. The molecule has 1 saturated carbocycles. The molecule has 4 atom stereocenters. The van der Waals surface area contributed by atoms with Gasteiger partial charge in [-0.2, -0.15) is 0 Å². The van der Waals surface area contributed by atoms with Crippen molar-refractivity contribution in [2.75, 3.05) is 6.54 Å². The van der Waals surface area contributed by atoms with Crippen molar-refractivity contribution in [2.24, 2.45) is 11.7 Å². The Hall–Kier alpha value is -1.14. The molecule has 17 heavy (non-hydrogen) atoms. The van der Waals surface area contributed by atoms with Gasteiger partial charge in [-0.3, -0.25) is 4.79 Å². The average molecular weight is 242 g/mol. The van der Waals surface area contributed by atoms with E-state index < -0.39 is 18.1 Å². The summed E-state index contributed by atoms with van der Waals surface area (Å²) in [6, 6.07) is -0.839. The van der Waals surface area contributed by atoms with Gasteiger partial charge in [-0.05, 0) is 19.3 Å². The molecule has 2 aliphatic rings. The Labute approximate surface area is 99.4 Å². The topological polar surface area (TPSA) is 104 Å². The van der Waals surface area contributed by atoms with E-state index in [0.717, 1.165) is 12.8 Å². The number of carbonyl (C=O) groups is 2. The second-order valence-corrected chi connectivity index (χ2v) is 5.00. The predicted octanol–water partition coefficient (Wildman–Crippen LogP) is -0.840. The van der Waals surface area contributed by atoms with Gasteiger partial charge in [-0.15, -0.1) is 0 Å². The van der Waals surface area contributed by atoms with Crippen LogP contribution in [0.15, 0.2) is 0 Å². The highest BCUT2D eigenvalue weighted by Crippen LogP contribution is 2.29. The van der Waals surface area contributed by atoms with E-state index in [1.165, 1.54) is 4.90 Å². The minimum Gasteiger partial charge on any atom is -0.480 e. The van der Waals surface area contributed by atoms with Gasteiger partial charge in [0.1, 0.15) is 6.04 Å². The van der Waals surface area contributed by atoms with Gasteiger partial charge in [0.15, 0.2) is 0 Å². The minimum absolute atomic E-state index is 0.0414. The van der Waals surface area contributed by atoms with E-state index in [0.29, 0.717) is 6.42 Å². The van der Waals surface area contributed by atoms with Crippen LogP contribution in [-0.2, 0) is 9.59 Å². The van der Waals surface area contributed by atoms with Crippen molar-refractivity contribution >= 4 is 11.9 Å². The van der Waals surface area contributed by atoms with Crippen molar-refractivity contribution in [1.29, 1.82) is 0 Å². The Morgan fingerprint density at radius 2 is 1.94 bits per heavy atom. The molecule has 0 radical (unpaired) electrons. The molecule has 96 valence electrons. The SMILES string of the molecule is NC1CCC(C(=O)N2C[C@H](O)C[C@@H]2C(=O)O)C1. The van der Waals surface area contributed by atoms with Crippen molar-refractivity contribution < 1.29 is 19.8 Å². The lowest BCUT2D eigenvalue weighted by atomic mass is 10.1. The smallest absolute Gasteiger partial charge is 0.326 e. The Balaban J connectivity index is 2.05.